The molecule has 3 aliphatic heterocycles. The number of benzene rings is 1. The van der Waals surface area contributed by atoms with Gasteiger partial charge in [0.15, 0.2) is 5.49 Å². The highest BCUT2D eigenvalue weighted by molar-refractivity contribution is 5.82. The smallest absolute Gasteiger partial charge is 0.266 e. The topological polar surface area (TPSA) is 77.1 Å². The average Bonchev–Trinajstić information content (AvgIpc) is 3.61. The lowest BCUT2D eigenvalue weighted by Gasteiger charge is -2.19. The second-order valence-corrected chi connectivity index (χ2v) is 9.63. The zero-order valence-corrected chi connectivity index (χ0v) is 20.4. The highest BCUT2D eigenvalue weighted by Gasteiger charge is 2.31. The number of nitrogens with zero attached hydrogens (tertiary/aromatic N) is 5. The molecule has 2 aromatic rings. The quantitative estimate of drug-likeness (QED) is 0.422. The zero-order valence-electron chi connectivity index (χ0n) is 20.4. The molecule has 1 aromatic carbocycles. The van der Waals surface area contributed by atoms with E-state index in [-0.39, 0.29) is 17.0 Å². The van der Waals surface area contributed by atoms with Gasteiger partial charge in [-0.3, -0.25) is 9.79 Å². The Bertz CT molecular complexity index is 1620. The van der Waals surface area contributed by atoms with Gasteiger partial charge in [0.1, 0.15) is 23.3 Å². The molecule has 0 radical (unpaired) electrons. The molecule has 10 heteroatoms. The van der Waals surface area contributed by atoms with Crippen LogP contribution in [0.4, 0.5) is 19.0 Å². The second kappa shape index (κ2) is 8.86. The van der Waals surface area contributed by atoms with Crippen molar-refractivity contribution in [3.63, 3.8) is 0 Å². The first-order chi connectivity index (χ1) is 17.8. The molecule has 0 amide bonds. The SMILES string of the molecule is CC(N=c1nc(C2CC2)nc2n3c(c(-c4ccc(=O)n(C)c4)cc1-2)NCC3)c1cccc(C(F)F)c1F. The third kappa shape index (κ3) is 4.10. The minimum atomic E-state index is -2.91. The van der Waals surface area contributed by atoms with Crippen LogP contribution in [0.25, 0.3) is 22.5 Å². The molecule has 1 fully saturated rings. The molecule has 0 spiro atoms. The molecule has 4 heterocycles. The first-order valence-corrected chi connectivity index (χ1v) is 12.3. The van der Waals surface area contributed by atoms with Crippen LogP contribution in [0.2, 0.25) is 0 Å². The molecular formula is C27H25F3N6O. The lowest BCUT2D eigenvalue weighted by Crippen LogP contribution is -2.22. The van der Waals surface area contributed by atoms with Crippen LogP contribution in [0.15, 0.2) is 52.4 Å². The Labute approximate surface area is 210 Å². The summed E-state index contributed by atoms with van der Waals surface area (Å²) in [5, 5.41) is 3.43. The van der Waals surface area contributed by atoms with Gasteiger partial charge in [0.05, 0.1) is 17.2 Å². The summed E-state index contributed by atoms with van der Waals surface area (Å²) < 4.78 is 45.2. The Morgan fingerprint density at radius 2 is 1.89 bits per heavy atom. The third-order valence-corrected chi connectivity index (χ3v) is 7.02. The first-order valence-electron chi connectivity index (χ1n) is 12.3. The van der Waals surface area contributed by atoms with Gasteiger partial charge in [-0.15, -0.1) is 0 Å². The summed E-state index contributed by atoms with van der Waals surface area (Å²) in [7, 11) is 1.70. The molecule has 37 heavy (non-hydrogen) atoms. The number of aryl methyl sites for hydroxylation is 1. The minimum absolute atomic E-state index is 0.0892. The van der Waals surface area contributed by atoms with Gasteiger partial charge < -0.3 is 14.5 Å². The summed E-state index contributed by atoms with van der Waals surface area (Å²) >= 11 is 0. The largest absolute Gasteiger partial charge is 0.369 e. The number of rotatable bonds is 5. The van der Waals surface area contributed by atoms with Gasteiger partial charge in [0.25, 0.3) is 6.43 Å². The van der Waals surface area contributed by atoms with Crippen LogP contribution < -0.4 is 16.4 Å². The van der Waals surface area contributed by atoms with Crippen LogP contribution >= 0.6 is 0 Å². The summed E-state index contributed by atoms with van der Waals surface area (Å²) in [6.45, 7) is 3.08. The number of anilines is 1. The van der Waals surface area contributed by atoms with Crippen molar-refractivity contribution in [3.05, 3.63) is 81.2 Å². The average molecular weight is 507 g/mol. The van der Waals surface area contributed by atoms with Crippen molar-refractivity contribution in [2.45, 2.75) is 44.7 Å². The molecule has 1 aliphatic carbocycles. The molecule has 190 valence electrons. The van der Waals surface area contributed by atoms with E-state index in [2.05, 4.69) is 9.88 Å². The van der Waals surface area contributed by atoms with Gasteiger partial charge >= 0.3 is 0 Å². The number of hydrogen-bond donors (Lipinski definition) is 1. The van der Waals surface area contributed by atoms with Crippen LogP contribution in [0, 0.1) is 5.82 Å². The van der Waals surface area contributed by atoms with E-state index in [0.29, 0.717) is 23.4 Å². The fraction of sp³-hybridized carbons (Fsp3) is 0.333. The number of nitrogens with one attached hydrogen (secondary N) is 1. The second-order valence-electron chi connectivity index (χ2n) is 9.63. The number of alkyl halides is 2. The molecule has 4 aliphatic rings. The van der Waals surface area contributed by atoms with E-state index in [1.54, 1.807) is 26.2 Å². The van der Waals surface area contributed by atoms with Gasteiger partial charge in [0.2, 0.25) is 5.56 Å². The van der Waals surface area contributed by atoms with Crippen molar-refractivity contribution in [1.82, 2.24) is 19.1 Å². The molecule has 7 nitrogen and oxygen atoms in total. The Morgan fingerprint density at radius 3 is 2.62 bits per heavy atom. The van der Waals surface area contributed by atoms with Crippen molar-refractivity contribution in [2.75, 3.05) is 11.9 Å². The van der Waals surface area contributed by atoms with Crippen LogP contribution in [0.1, 0.15) is 55.1 Å². The summed E-state index contributed by atoms with van der Waals surface area (Å²) in [6, 6.07) is 8.47. The van der Waals surface area contributed by atoms with E-state index in [1.165, 1.54) is 22.8 Å². The maximum atomic E-state index is 14.9. The predicted molar refractivity (Wildman–Crippen MR) is 133 cm³/mol. The van der Waals surface area contributed by atoms with Crippen molar-refractivity contribution in [1.29, 1.82) is 0 Å². The van der Waals surface area contributed by atoms with Crippen molar-refractivity contribution in [3.8, 4) is 22.5 Å². The van der Waals surface area contributed by atoms with Gasteiger partial charge in [0, 0.05) is 55.0 Å². The number of halogens is 3. The molecule has 0 bridgehead atoms. The fourth-order valence-electron chi connectivity index (χ4n) is 4.86. The highest BCUT2D eigenvalue weighted by atomic mass is 19.3. The molecule has 1 aromatic heterocycles. The summed E-state index contributed by atoms with van der Waals surface area (Å²) in [5.74, 6) is 1.61. The van der Waals surface area contributed by atoms with Crippen molar-refractivity contribution in [2.24, 2.45) is 12.0 Å². The Kier molecular flexibility index (Phi) is 5.62. The zero-order chi connectivity index (χ0) is 25.8. The van der Waals surface area contributed by atoms with Gasteiger partial charge in [-0.25, -0.2) is 23.1 Å². The van der Waals surface area contributed by atoms with E-state index in [4.69, 9.17) is 15.0 Å². The summed E-state index contributed by atoms with van der Waals surface area (Å²) in [4.78, 5) is 26.4. The summed E-state index contributed by atoms with van der Waals surface area (Å²) in [5.41, 5.74) is 2.11. The van der Waals surface area contributed by atoms with Gasteiger partial charge in [-0.05, 0) is 31.9 Å². The maximum absolute atomic E-state index is 14.9. The highest BCUT2D eigenvalue weighted by Crippen LogP contribution is 2.40. The van der Waals surface area contributed by atoms with Gasteiger partial charge in [-0.1, -0.05) is 18.2 Å². The van der Waals surface area contributed by atoms with E-state index < -0.39 is 23.8 Å². The minimum Gasteiger partial charge on any atom is -0.369 e. The fourth-order valence-corrected chi connectivity index (χ4v) is 4.86. The van der Waals surface area contributed by atoms with Crippen LogP contribution in [-0.2, 0) is 13.6 Å². The molecule has 0 saturated heterocycles. The molecule has 1 N–H and O–H groups in total. The van der Waals surface area contributed by atoms with E-state index in [9.17, 15) is 18.0 Å². The molecule has 1 saturated carbocycles. The molecule has 6 rings (SSSR count). The molecule has 1 atom stereocenters. The lowest BCUT2D eigenvalue weighted by atomic mass is 10.0. The number of pyridine rings is 2. The monoisotopic (exact) mass is 506 g/mol. The number of fused-ring (bicyclic) bond motifs is 3. The lowest BCUT2D eigenvalue weighted by molar-refractivity contribution is 0.146. The van der Waals surface area contributed by atoms with Crippen LogP contribution in [-0.4, -0.2) is 25.6 Å². The molecular weight excluding hydrogens is 481 g/mol. The Morgan fingerprint density at radius 1 is 1.11 bits per heavy atom. The standard InChI is InChI=1S/C27H25F3N6O/c1-14(17-4-3-5-18(22(17)28)23(29)30)32-25-20-12-19(16-8-9-21(37)35(2)13-16)26-31-10-11-36(26)27(20)34-24(33-25)15-6-7-15/h3-5,8-9,12-15,23,31H,6-7,10-11H2,1-2H3. The molecule has 1 unspecified atom stereocenters. The first kappa shape index (κ1) is 23.4. The Balaban J connectivity index is 1.59. The summed E-state index contributed by atoms with van der Waals surface area (Å²) in [6.07, 6.45) is 0.845. The maximum Gasteiger partial charge on any atom is 0.266 e. The van der Waals surface area contributed by atoms with Crippen LogP contribution in [0.3, 0.4) is 0 Å². The number of aromatic nitrogens is 4. The third-order valence-electron chi connectivity index (χ3n) is 7.02. The predicted octanol–water partition coefficient (Wildman–Crippen LogP) is 4.79. The number of hydrogen-bond acceptors (Lipinski definition) is 5. The van der Waals surface area contributed by atoms with Crippen molar-refractivity contribution >= 4 is 5.82 Å². The van der Waals surface area contributed by atoms with Crippen molar-refractivity contribution < 1.29 is 13.2 Å². The van der Waals surface area contributed by atoms with E-state index in [0.717, 1.165) is 48.2 Å². The Hall–Kier alpha value is -3.95. The van der Waals surface area contributed by atoms with E-state index in [1.807, 2.05) is 6.07 Å². The normalized spacial score (nSPS) is 16.3. The van der Waals surface area contributed by atoms with Gasteiger partial charge in [-0.2, -0.15) is 0 Å². The van der Waals surface area contributed by atoms with E-state index >= 15 is 0 Å². The van der Waals surface area contributed by atoms with Crippen LogP contribution in [0.5, 0.6) is 0 Å².